The molecule has 1 aliphatic rings. The van der Waals surface area contributed by atoms with E-state index in [1.54, 1.807) is 7.05 Å². The number of nitrogens with zero attached hydrogens (tertiary/aromatic N) is 1. The molecule has 1 rings (SSSR count). The lowest BCUT2D eigenvalue weighted by Gasteiger charge is -2.37. The maximum absolute atomic E-state index is 11.3. The Morgan fingerprint density at radius 1 is 1.71 bits per heavy atom. The summed E-state index contributed by atoms with van der Waals surface area (Å²) < 4.78 is 0. The fourth-order valence-electron chi connectivity index (χ4n) is 2.59. The van der Waals surface area contributed by atoms with Crippen molar-refractivity contribution in [2.24, 2.45) is 5.92 Å². The summed E-state index contributed by atoms with van der Waals surface area (Å²) in [5, 5.41) is 9.27. The van der Waals surface area contributed by atoms with Crippen LogP contribution in [0.25, 0.3) is 0 Å². The highest BCUT2D eigenvalue weighted by Crippen LogP contribution is 2.41. The second-order valence-corrected chi connectivity index (χ2v) is 3.94. The molecule has 1 N–H and O–H groups in total. The number of rotatable bonds is 4. The molecule has 0 aromatic rings. The van der Waals surface area contributed by atoms with E-state index < -0.39 is 11.5 Å². The van der Waals surface area contributed by atoms with Crippen LogP contribution in [0.4, 0.5) is 0 Å². The first-order valence-electron chi connectivity index (χ1n) is 5.01. The predicted octanol–water partition coefficient (Wildman–Crippen LogP) is 1.11. The number of carboxylic acid groups (broad SMARTS) is 1. The van der Waals surface area contributed by atoms with Crippen molar-refractivity contribution in [2.75, 3.05) is 7.05 Å². The van der Waals surface area contributed by atoms with Crippen molar-refractivity contribution in [1.29, 1.82) is 0 Å². The molecule has 14 heavy (non-hydrogen) atoms. The van der Waals surface area contributed by atoms with Crippen molar-refractivity contribution in [3.63, 3.8) is 0 Å². The topological polar surface area (TPSA) is 57.6 Å². The Morgan fingerprint density at radius 2 is 2.36 bits per heavy atom. The van der Waals surface area contributed by atoms with Crippen LogP contribution in [0.1, 0.15) is 32.6 Å². The number of carbonyl (C=O) groups excluding carboxylic acids is 1. The Labute approximate surface area is 83.9 Å². The lowest BCUT2D eigenvalue weighted by Crippen LogP contribution is -2.54. The minimum absolute atomic E-state index is 0.0928. The highest BCUT2D eigenvalue weighted by Gasteiger charge is 2.51. The molecule has 0 saturated heterocycles. The summed E-state index contributed by atoms with van der Waals surface area (Å²) in [6, 6.07) is 0. The molecular weight excluding hydrogens is 182 g/mol. The van der Waals surface area contributed by atoms with E-state index in [0.29, 0.717) is 12.8 Å². The summed E-state index contributed by atoms with van der Waals surface area (Å²) in [6.07, 6.45) is 3.81. The van der Waals surface area contributed by atoms with Gasteiger partial charge in [-0.25, -0.2) is 4.79 Å². The standard InChI is InChI=1S/C10H17NO3/c1-3-8-5-4-6-10(8,9(13)14)11(2)7-12/h7-8H,3-6H2,1-2H3,(H,13,14). The molecule has 1 fully saturated rings. The lowest BCUT2D eigenvalue weighted by atomic mass is 9.84. The van der Waals surface area contributed by atoms with Gasteiger partial charge in [-0.15, -0.1) is 0 Å². The molecular formula is C10H17NO3. The molecule has 0 bridgehead atoms. The van der Waals surface area contributed by atoms with E-state index in [1.165, 1.54) is 4.90 Å². The van der Waals surface area contributed by atoms with Gasteiger partial charge in [0.2, 0.25) is 6.41 Å². The van der Waals surface area contributed by atoms with Crippen molar-refractivity contribution >= 4 is 12.4 Å². The number of aliphatic carboxylic acids is 1. The van der Waals surface area contributed by atoms with E-state index in [9.17, 15) is 14.7 Å². The van der Waals surface area contributed by atoms with Gasteiger partial charge < -0.3 is 10.0 Å². The Morgan fingerprint density at radius 3 is 2.79 bits per heavy atom. The Hall–Kier alpha value is -1.06. The molecule has 0 heterocycles. The van der Waals surface area contributed by atoms with Crippen LogP contribution in [0.3, 0.4) is 0 Å². The fourth-order valence-corrected chi connectivity index (χ4v) is 2.59. The third kappa shape index (κ3) is 1.38. The Bertz CT molecular complexity index is 242. The van der Waals surface area contributed by atoms with Crippen LogP contribution in [0.2, 0.25) is 0 Å². The van der Waals surface area contributed by atoms with Gasteiger partial charge in [-0.3, -0.25) is 4.79 Å². The van der Waals surface area contributed by atoms with Crippen molar-refractivity contribution in [2.45, 2.75) is 38.1 Å². The smallest absolute Gasteiger partial charge is 0.329 e. The van der Waals surface area contributed by atoms with Crippen LogP contribution in [-0.4, -0.2) is 35.0 Å². The largest absolute Gasteiger partial charge is 0.479 e. The first-order chi connectivity index (χ1) is 6.59. The van der Waals surface area contributed by atoms with Crippen molar-refractivity contribution < 1.29 is 14.7 Å². The minimum atomic E-state index is -0.948. The average Bonchev–Trinajstić information content (AvgIpc) is 2.60. The number of hydrogen-bond donors (Lipinski definition) is 1. The Kier molecular flexibility index (Phi) is 3.13. The zero-order valence-corrected chi connectivity index (χ0v) is 8.69. The van der Waals surface area contributed by atoms with Crippen molar-refractivity contribution in [1.82, 2.24) is 4.90 Å². The monoisotopic (exact) mass is 199 g/mol. The fraction of sp³-hybridized carbons (Fsp3) is 0.800. The first-order valence-corrected chi connectivity index (χ1v) is 5.01. The molecule has 0 radical (unpaired) electrons. The van der Waals surface area contributed by atoms with Gasteiger partial charge in [0.05, 0.1) is 0 Å². The van der Waals surface area contributed by atoms with Crippen molar-refractivity contribution in [3.8, 4) is 0 Å². The van der Waals surface area contributed by atoms with Crippen LogP contribution < -0.4 is 0 Å². The quantitative estimate of drug-likeness (QED) is 0.690. The third-order valence-electron chi connectivity index (χ3n) is 3.44. The molecule has 0 aliphatic heterocycles. The van der Waals surface area contributed by atoms with E-state index in [-0.39, 0.29) is 5.92 Å². The number of likely N-dealkylation sites (N-methyl/N-ethyl adjacent to an activating group) is 1. The average molecular weight is 199 g/mol. The van der Waals surface area contributed by atoms with Crippen LogP contribution in [0, 0.1) is 5.92 Å². The molecule has 0 aromatic heterocycles. The van der Waals surface area contributed by atoms with Gasteiger partial charge in [0.1, 0.15) is 5.54 Å². The molecule has 0 spiro atoms. The van der Waals surface area contributed by atoms with Crippen molar-refractivity contribution in [3.05, 3.63) is 0 Å². The summed E-state index contributed by atoms with van der Waals surface area (Å²) >= 11 is 0. The second kappa shape index (κ2) is 3.98. The highest BCUT2D eigenvalue weighted by atomic mass is 16.4. The zero-order chi connectivity index (χ0) is 10.8. The Balaban J connectivity index is 3.02. The number of carbonyl (C=O) groups is 2. The number of carboxylic acids is 1. The summed E-state index contributed by atoms with van der Waals surface area (Å²) in [5.74, 6) is -0.772. The lowest BCUT2D eigenvalue weighted by molar-refractivity contribution is -0.156. The highest BCUT2D eigenvalue weighted by molar-refractivity contribution is 5.82. The van der Waals surface area contributed by atoms with Crippen LogP contribution in [-0.2, 0) is 9.59 Å². The maximum atomic E-state index is 11.3. The molecule has 2 unspecified atom stereocenters. The van der Waals surface area contributed by atoms with Gasteiger partial charge in [-0.05, 0) is 18.8 Å². The van der Waals surface area contributed by atoms with Crippen LogP contribution in [0.15, 0.2) is 0 Å². The van der Waals surface area contributed by atoms with Gasteiger partial charge in [-0.1, -0.05) is 19.8 Å². The zero-order valence-electron chi connectivity index (χ0n) is 8.69. The van der Waals surface area contributed by atoms with Gasteiger partial charge in [-0.2, -0.15) is 0 Å². The molecule has 1 amide bonds. The predicted molar refractivity (Wildman–Crippen MR) is 51.8 cm³/mol. The van der Waals surface area contributed by atoms with E-state index in [0.717, 1.165) is 19.3 Å². The molecule has 4 nitrogen and oxygen atoms in total. The van der Waals surface area contributed by atoms with Gasteiger partial charge >= 0.3 is 5.97 Å². The molecule has 1 saturated carbocycles. The second-order valence-electron chi connectivity index (χ2n) is 3.94. The number of hydrogen-bond acceptors (Lipinski definition) is 2. The SMILES string of the molecule is CCC1CCCC1(C(=O)O)N(C)C=O. The normalized spacial score (nSPS) is 31.4. The third-order valence-corrected chi connectivity index (χ3v) is 3.44. The summed E-state index contributed by atoms with van der Waals surface area (Å²) in [4.78, 5) is 23.3. The number of amides is 1. The van der Waals surface area contributed by atoms with Crippen LogP contribution in [0.5, 0.6) is 0 Å². The first kappa shape index (κ1) is 11.0. The molecule has 80 valence electrons. The molecule has 1 aliphatic carbocycles. The van der Waals surface area contributed by atoms with E-state index in [1.807, 2.05) is 6.92 Å². The molecule has 4 heteroatoms. The van der Waals surface area contributed by atoms with E-state index in [2.05, 4.69) is 0 Å². The van der Waals surface area contributed by atoms with E-state index >= 15 is 0 Å². The van der Waals surface area contributed by atoms with Gasteiger partial charge in [0.25, 0.3) is 0 Å². The van der Waals surface area contributed by atoms with E-state index in [4.69, 9.17) is 0 Å². The summed E-state index contributed by atoms with van der Waals surface area (Å²) in [7, 11) is 1.56. The van der Waals surface area contributed by atoms with Gasteiger partial charge in [0, 0.05) is 7.05 Å². The molecule has 0 aromatic carbocycles. The maximum Gasteiger partial charge on any atom is 0.329 e. The minimum Gasteiger partial charge on any atom is -0.479 e. The van der Waals surface area contributed by atoms with Gasteiger partial charge in [0.15, 0.2) is 0 Å². The summed E-state index contributed by atoms with van der Waals surface area (Å²) in [6.45, 7) is 1.98. The summed E-state index contributed by atoms with van der Waals surface area (Å²) in [5.41, 5.74) is -0.948. The van der Waals surface area contributed by atoms with Crippen LogP contribution >= 0.6 is 0 Å². The molecule has 2 atom stereocenters.